The van der Waals surface area contributed by atoms with Crippen molar-refractivity contribution in [3.63, 3.8) is 0 Å². The molecule has 3 N–H and O–H groups in total. The molecule has 0 fully saturated rings. The van der Waals surface area contributed by atoms with Crippen molar-refractivity contribution >= 4 is 20.3 Å². The third-order valence-electron chi connectivity index (χ3n) is 5.12. The quantitative estimate of drug-likeness (QED) is 0.321. The van der Waals surface area contributed by atoms with Gasteiger partial charge in [-0.1, -0.05) is 29.8 Å². The third-order valence-corrected chi connectivity index (χ3v) is 5.83. The highest BCUT2D eigenvalue weighted by molar-refractivity contribution is 7.17. The van der Waals surface area contributed by atoms with E-state index in [2.05, 4.69) is 0 Å². The fraction of sp³-hybridized carbons (Fsp3) is 0.455. The molecule has 2 atom stereocenters. The van der Waals surface area contributed by atoms with Crippen LogP contribution in [0.3, 0.4) is 0 Å². The topological polar surface area (TPSA) is 81.8 Å². The fourth-order valence-corrected chi connectivity index (χ4v) is 3.72. The Morgan fingerprint density at radius 1 is 1.12 bits per heavy atom. The molecule has 2 aromatic carbocycles. The van der Waals surface area contributed by atoms with Gasteiger partial charge in [0.1, 0.15) is 5.75 Å². The lowest BCUT2D eigenvalue weighted by molar-refractivity contribution is -0.139. The Kier molecular flexibility index (Phi) is 10.0. The summed E-state index contributed by atoms with van der Waals surface area (Å²) < 4.78 is 61.6. The van der Waals surface area contributed by atoms with E-state index in [1.54, 1.807) is 6.07 Å². The van der Waals surface area contributed by atoms with Crippen molar-refractivity contribution in [1.82, 2.24) is 0 Å². The minimum atomic E-state index is -4.58. The molecule has 32 heavy (non-hydrogen) atoms. The number of nitrogens with two attached hydrogens (primary N) is 1. The zero-order valence-corrected chi connectivity index (χ0v) is 19.7. The Balaban J connectivity index is 2.01. The normalized spacial score (nSPS) is 14.1. The lowest BCUT2D eigenvalue weighted by Gasteiger charge is -2.26. The summed E-state index contributed by atoms with van der Waals surface area (Å²) in [6, 6.07) is 9.56. The van der Waals surface area contributed by atoms with Crippen molar-refractivity contribution < 1.29 is 32.1 Å². The summed E-state index contributed by atoms with van der Waals surface area (Å²) in [7, 11) is -1.48. The number of halogens is 4. The van der Waals surface area contributed by atoms with E-state index in [9.17, 15) is 22.8 Å². The minimum Gasteiger partial charge on any atom is -0.493 e. The summed E-state index contributed by atoms with van der Waals surface area (Å²) in [4.78, 5) is 0. The van der Waals surface area contributed by atoms with Gasteiger partial charge in [0.2, 0.25) is 0 Å². The van der Waals surface area contributed by atoms with Gasteiger partial charge >= 0.3 is 6.18 Å². The Morgan fingerprint density at radius 3 is 2.44 bits per heavy atom. The summed E-state index contributed by atoms with van der Waals surface area (Å²) in [6.07, 6.45) is -3.06. The van der Waals surface area contributed by atoms with Crippen LogP contribution in [0, 0.1) is 6.92 Å². The van der Waals surface area contributed by atoms with Crippen molar-refractivity contribution in [2.24, 2.45) is 5.73 Å². The third kappa shape index (κ3) is 8.09. The minimum absolute atomic E-state index is 0.124. The monoisotopic (exact) mass is 493 g/mol. The highest BCUT2D eigenvalue weighted by Crippen LogP contribution is 2.37. The predicted octanol–water partition coefficient (Wildman–Crippen LogP) is 4.99. The SMILES string of the molecule is Cc1ccc(CCCOc2ccc(CCC(N)(CO)CO[PH2]=O)cc2C(F)(F)F)cc1Cl. The summed E-state index contributed by atoms with van der Waals surface area (Å²) in [6.45, 7) is 1.45. The maximum Gasteiger partial charge on any atom is 0.419 e. The van der Waals surface area contributed by atoms with Crippen LogP contribution in [0.5, 0.6) is 5.75 Å². The van der Waals surface area contributed by atoms with Gasteiger partial charge in [0.15, 0.2) is 8.69 Å². The molecule has 0 aliphatic heterocycles. The van der Waals surface area contributed by atoms with Crippen LogP contribution >= 0.6 is 20.3 Å². The molecule has 0 bridgehead atoms. The van der Waals surface area contributed by atoms with Gasteiger partial charge in [-0.05, 0) is 67.5 Å². The first-order chi connectivity index (χ1) is 15.1. The first-order valence-electron chi connectivity index (χ1n) is 10.1. The molecule has 10 heteroatoms. The van der Waals surface area contributed by atoms with Crippen molar-refractivity contribution in [1.29, 1.82) is 0 Å². The molecule has 0 aromatic heterocycles. The van der Waals surface area contributed by atoms with E-state index in [4.69, 9.17) is 26.6 Å². The number of benzene rings is 2. The Bertz CT molecular complexity index is 913. The van der Waals surface area contributed by atoms with Gasteiger partial charge in [-0.15, -0.1) is 0 Å². The molecular formula is C22H28ClF3NO4P. The Morgan fingerprint density at radius 2 is 1.81 bits per heavy atom. The van der Waals surface area contributed by atoms with Gasteiger partial charge in [-0.3, -0.25) is 4.57 Å². The summed E-state index contributed by atoms with van der Waals surface area (Å²) >= 11 is 6.10. The number of aliphatic hydroxyl groups excluding tert-OH is 1. The smallest absolute Gasteiger partial charge is 0.419 e. The highest BCUT2D eigenvalue weighted by Gasteiger charge is 2.35. The van der Waals surface area contributed by atoms with Crippen molar-refractivity contribution in [3.05, 3.63) is 63.7 Å². The zero-order valence-electron chi connectivity index (χ0n) is 17.8. The highest BCUT2D eigenvalue weighted by atomic mass is 35.5. The van der Waals surface area contributed by atoms with Gasteiger partial charge in [0.25, 0.3) is 0 Å². The fourth-order valence-electron chi connectivity index (χ4n) is 3.12. The van der Waals surface area contributed by atoms with E-state index in [0.717, 1.165) is 17.2 Å². The number of hydrogen-bond donors (Lipinski definition) is 2. The lowest BCUT2D eigenvalue weighted by atomic mass is 9.93. The van der Waals surface area contributed by atoms with Gasteiger partial charge < -0.3 is 20.1 Å². The van der Waals surface area contributed by atoms with Gasteiger partial charge in [-0.2, -0.15) is 13.2 Å². The van der Waals surface area contributed by atoms with E-state index >= 15 is 0 Å². The number of ether oxygens (including phenoxy) is 1. The molecule has 0 saturated heterocycles. The Labute approximate surface area is 192 Å². The van der Waals surface area contributed by atoms with Crippen LogP contribution in [-0.2, 0) is 28.1 Å². The average Bonchev–Trinajstić information content (AvgIpc) is 2.76. The molecule has 0 spiro atoms. The second-order valence-corrected chi connectivity index (χ2v) is 8.72. The molecule has 0 amide bonds. The largest absolute Gasteiger partial charge is 0.493 e. The van der Waals surface area contributed by atoms with Crippen molar-refractivity contribution in [3.8, 4) is 5.75 Å². The van der Waals surface area contributed by atoms with Crippen LogP contribution in [0.2, 0.25) is 5.02 Å². The van der Waals surface area contributed by atoms with Crippen LogP contribution in [0.1, 0.15) is 35.1 Å². The van der Waals surface area contributed by atoms with E-state index in [1.165, 1.54) is 6.07 Å². The summed E-state index contributed by atoms with van der Waals surface area (Å²) in [5, 5.41) is 10.1. The second-order valence-electron chi connectivity index (χ2n) is 7.79. The molecular weight excluding hydrogens is 466 g/mol. The van der Waals surface area contributed by atoms with E-state index in [0.29, 0.717) is 23.4 Å². The molecule has 178 valence electrons. The molecule has 2 rings (SSSR count). The van der Waals surface area contributed by atoms with Crippen LogP contribution in [0.4, 0.5) is 13.2 Å². The maximum atomic E-state index is 13.6. The number of hydrogen-bond acceptors (Lipinski definition) is 5. The van der Waals surface area contributed by atoms with E-state index in [-0.39, 0.29) is 31.8 Å². The molecule has 0 radical (unpaired) electrons. The number of rotatable bonds is 12. The van der Waals surface area contributed by atoms with Gasteiger partial charge in [0, 0.05) is 5.02 Å². The van der Waals surface area contributed by atoms with Gasteiger partial charge in [0.05, 0.1) is 30.9 Å². The molecule has 0 saturated carbocycles. The summed E-state index contributed by atoms with van der Waals surface area (Å²) in [5.74, 6) is -0.234. The van der Waals surface area contributed by atoms with Gasteiger partial charge in [-0.25, -0.2) is 0 Å². The van der Waals surface area contributed by atoms with E-state index in [1.807, 2.05) is 25.1 Å². The van der Waals surface area contributed by atoms with E-state index < -0.39 is 32.6 Å². The lowest BCUT2D eigenvalue weighted by Crippen LogP contribution is -2.47. The summed E-state index contributed by atoms with van der Waals surface area (Å²) in [5.41, 5.74) is 6.30. The van der Waals surface area contributed by atoms with Crippen molar-refractivity contribution in [2.75, 3.05) is 19.8 Å². The van der Waals surface area contributed by atoms with Crippen LogP contribution < -0.4 is 10.5 Å². The van der Waals surface area contributed by atoms with Crippen LogP contribution in [0.15, 0.2) is 36.4 Å². The molecule has 5 nitrogen and oxygen atoms in total. The molecule has 0 aliphatic carbocycles. The van der Waals surface area contributed by atoms with Crippen molar-refractivity contribution in [2.45, 2.75) is 44.3 Å². The first-order valence-corrected chi connectivity index (χ1v) is 11.4. The number of aryl methyl sites for hydroxylation is 3. The Hall–Kier alpha value is -1.57. The number of alkyl halides is 3. The predicted molar refractivity (Wildman–Crippen MR) is 120 cm³/mol. The standard InChI is InChI=1S/C22H28ClF3NO4P/c1-15-4-5-16(12-19(15)23)3-2-10-30-20-7-6-17(11-18(20)22(24,25)26)8-9-21(27,13-28)14-31-32-29/h4-7,11-12,28H,2-3,8-10,13-14,27,32H2,1H3. The van der Waals surface area contributed by atoms with Crippen LogP contribution in [0.25, 0.3) is 0 Å². The molecule has 0 heterocycles. The maximum absolute atomic E-state index is 13.6. The molecule has 2 unspecified atom stereocenters. The number of aliphatic hydroxyl groups is 1. The first kappa shape index (κ1) is 26.7. The molecule has 2 aromatic rings. The second kappa shape index (κ2) is 12.1. The molecule has 0 aliphatic rings. The average molecular weight is 494 g/mol. The van der Waals surface area contributed by atoms with Crippen LogP contribution in [-0.4, -0.2) is 30.5 Å². The zero-order chi connectivity index (χ0) is 23.8.